The summed E-state index contributed by atoms with van der Waals surface area (Å²) < 4.78 is 17.5. The topological polar surface area (TPSA) is 188 Å². The van der Waals surface area contributed by atoms with Gasteiger partial charge in [0, 0.05) is 75.6 Å². The fraction of sp³-hybridized carbons (Fsp3) is 0.452. The minimum atomic E-state index is -1.41. The summed E-state index contributed by atoms with van der Waals surface area (Å²) >= 11 is 0. The van der Waals surface area contributed by atoms with E-state index in [4.69, 9.17) is 5.41 Å². The van der Waals surface area contributed by atoms with Crippen molar-refractivity contribution in [3.05, 3.63) is 64.8 Å². The fourth-order valence-electron chi connectivity index (χ4n) is 7.46. The van der Waals surface area contributed by atoms with E-state index in [9.17, 15) is 19.1 Å². The van der Waals surface area contributed by atoms with E-state index in [1.165, 1.54) is 16.7 Å². The van der Waals surface area contributed by atoms with Crippen LogP contribution >= 0.6 is 0 Å². The summed E-state index contributed by atoms with van der Waals surface area (Å²) in [6.45, 7) is 9.33. The van der Waals surface area contributed by atoms with E-state index in [2.05, 4.69) is 72.9 Å². The number of nitrogens with one attached hydrogen (secondary N) is 4. The zero-order valence-corrected chi connectivity index (χ0v) is 34.6. The second-order valence-corrected chi connectivity index (χ2v) is 16.5. The lowest BCUT2D eigenvalue weighted by Gasteiger charge is -2.34. The number of benzene rings is 2. The highest BCUT2D eigenvalue weighted by molar-refractivity contribution is 7.82. The van der Waals surface area contributed by atoms with E-state index in [0.29, 0.717) is 58.2 Å². The number of hydrogen-bond donors (Lipinski definition) is 4. The Labute approximate surface area is 342 Å². The van der Waals surface area contributed by atoms with Crippen LogP contribution < -0.4 is 20.9 Å². The van der Waals surface area contributed by atoms with Gasteiger partial charge in [-0.15, -0.1) is 0 Å². The molecule has 0 saturated carbocycles. The Kier molecular flexibility index (Phi) is 13.9. The smallest absolute Gasteiger partial charge is 0.224 e. The van der Waals surface area contributed by atoms with Crippen molar-refractivity contribution in [3.63, 3.8) is 0 Å². The Hall–Kier alpha value is -5.68. The summed E-state index contributed by atoms with van der Waals surface area (Å²) in [7, 11) is 2.03. The molecule has 2 aliphatic rings. The van der Waals surface area contributed by atoms with E-state index < -0.39 is 11.0 Å². The predicted octanol–water partition coefficient (Wildman–Crippen LogP) is 4.37. The second-order valence-electron chi connectivity index (χ2n) is 15.1. The number of fused-ring (bicyclic) bond motifs is 1. The van der Waals surface area contributed by atoms with Crippen LogP contribution in [0.1, 0.15) is 81.0 Å². The lowest BCUT2D eigenvalue weighted by atomic mass is 9.88. The second kappa shape index (κ2) is 19.2. The number of nitrogens with zero attached hydrogens (tertiary/aromatic N) is 8. The summed E-state index contributed by atoms with van der Waals surface area (Å²) in [5.41, 5.74) is 3.82. The molecule has 2 fully saturated rings. The van der Waals surface area contributed by atoms with Crippen molar-refractivity contribution in [2.24, 2.45) is 7.05 Å². The SMILES string of the molecule is CNC(=O)CCN(C=O)c1nn(C)c2cc(C3CCN(C(C)C#Cc4cc(S(=O)N5CCC(Nc6ncc(C=N)c(NC(C)C)n6)CC5)ccc4C#N)CC3)ccc12. The molecule has 0 bridgehead atoms. The Morgan fingerprint density at radius 1 is 1.09 bits per heavy atom. The minimum absolute atomic E-state index is 0.0399. The van der Waals surface area contributed by atoms with Gasteiger partial charge >= 0.3 is 0 Å². The molecule has 58 heavy (non-hydrogen) atoms. The van der Waals surface area contributed by atoms with Crippen LogP contribution in [-0.2, 0) is 27.6 Å². The van der Waals surface area contributed by atoms with Crippen LogP contribution in [0.5, 0.6) is 0 Å². The molecule has 16 heteroatoms. The highest BCUT2D eigenvalue weighted by atomic mass is 32.2. The van der Waals surface area contributed by atoms with Gasteiger partial charge < -0.3 is 21.4 Å². The molecule has 0 radical (unpaired) electrons. The van der Waals surface area contributed by atoms with Gasteiger partial charge in [-0.3, -0.25) is 24.1 Å². The van der Waals surface area contributed by atoms with Gasteiger partial charge in [0.25, 0.3) is 0 Å². The highest BCUT2D eigenvalue weighted by Crippen LogP contribution is 2.33. The largest absolute Gasteiger partial charge is 0.367 e. The molecule has 2 aliphatic heterocycles. The summed E-state index contributed by atoms with van der Waals surface area (Å²) in [6.07, 6.45) is 7.22. The van der Waals surface area contributed by atoms with Crippen molar-refractivity contribution in [2.45, 2.75) is 81.8 Å². The van der Waals surface area contributed by atoms with Crippen LogP contribution in [0.25, 0.3) is 10.9 Å². The molecule has 0 spiro atoms. The molecule has 4 N–H and O–H groups in total. The van der Waals surface area contributed by atoms with E-state index in [1.807, 2.05) is 31.3 Å². The molecular weight excluding hydrogens is 753 g/mol. The molecule has 2 unspecified atom stereocenters. The number of carbonyl (C=O) groups is 2. The number of likely N-dealkylation sites (tertiary alicyclic amines) is 1. The molecule has 2 amide bonds. The average Bonchev–Trinajstić information content (AvgIpc) is 3.57. The van der Waals surface area contributed by atoms with E-state index in [0.717, 1.165) is 56.1 Å². The molecule has 2 aromatic carbocycles. The van der Waals surface area contributed by atoms with Crippen molar-refractivity contribution in [2.75, 3.05) is 55.3 Å². The van der Waals surface area contributed by atoms with Gasteiger partial charge in [0.05, 0.1) is 27.6 Å². The zero-order chi connectivity index (χ0) is 41.3. The van der Waals surface area contributed by atoms with E-state index in [1.54, 1.807) is 36.1 Å². The first-order chi connectivity index (χ1) is 28.0. The van der Waals surface area contributed by atoms with Crippen molar-refractivity contribution < 1.29 is 13.8 Å². The number of carbonyl (C=O) groups excluding carboxylic acids is 2. The highest BCUT2D eigenvalue weighted by Gasteiger charge is 2.27. The molecule has 304 valence electrons. The maximum atomic E-state index is 13.8. The van der Waals surface area contributed by atoms with Crippen LogP contribution in [0, 0.1) is 28.6 Å². The van der Waals surface area contributed by atoms with Gasteiger partial charge in [-0.1, -0.05) is 17.9 Å². The number of rotatable bonds is 14. The summed E-state index contributed by atoms with van der Waals surface area (Å²) in [5, 5.41) is 32.3. The summed E-state index contributed by atoms with van der Waals surface area (Å²) in [4.78, 5) is 37.1. The zero-order valence-electron chi connectivity index (χ0n) is 33.8. The van der Waals surface area contributed by atoms with Crippen LogP contribution in [0.15, 0.2) is 47.5 Å². The lowest BCUT2D eigenvalue weighted by molar-refractivity contribution is -0.120. The molecule has 15 nitrogen and oxygen atoms in total. The van der Waals surface area contributed by atoms with Crippen molar-refractivity contribution in [1.29, 1.82) is 10.7 Å². The first-order valence-corrected chi connectivity index (χ1v) is 20.9. The molecule has 2 saturated heterocycles. The molecule has 6 rings (SSSR count). The third kappa shape index (κ3) is 9.88. The molecule has 2 aromatic heterocycles. The van der Waals surface area contributed by atoms with E-state index in [-0.39, 0.29) is 37.0 Å². The Bertz CT molecular complexity index is 2260. The van der Waals surface area contributed by atoms with Crippen LogP contribution in [0.2, 0.25) is 0 Å². The number of nitriles is 1. The number of hydrogen-bond acceptors (Lipinski definition) is 11. The first-order valence-electron chi connectivity index (χ1n) is 19.8. The molecule has 4 aromatic rings. The minimum Gasteiger partial charge on any atom is -0.367 e. The third-order valence-corrected chi connectivity index (χ3v) is 12.3. The molecule has 2 atom stereocenters. The number of aromatic nitrogens is 4. The van der Waals surface area contributed by atoms with Gasteiger partial charge in [-0.05, 0) is 101 Å². The van der Waals surface area contributed by atoms with Crippen LogP contribution in [0.3, 0.4) is 0 Å². The summed E-state index contributed by atoms with van der Waals surface area (Å²) in [5.74, 6) is 8.51. The number of aryl methyl sites for hydroxylation is 1. The van der Waals surface area contributed by atoms with Crippen molar-refractivity contribution >= 4 is 58.0 Å². The van der Waals surface area contributed by atoms with Gasteiger partial charge in [0.15, 0.2) is 5.82 Å². The van der Waals surface area contributed by atoms with Crippen LogP contribution in [-0.4, -0.2) is 110 Å². The maximum Gasteiger partial charge on any atom is 0.224 e. The number of amides is 2. The maximum absolute atomic E-state index is 13.8. The Morgan fingerprint density at radius 2 is 1.84 bits per heavy atom. The number of piperidine rings is 2. The van der Waals surface area contributed by atoms with Gasteiger partial charge in [-0.2, -0.15) is 15.3 Å². The molecule has 0 aliphatic carbocycles. The molecular formula is C42H52N12O3S. The third-order valence-electron chi connectivity index (χ3n) is 10.8. The fourth-order valence-corrected chi connectivity index (χ4v) is 8.70. The van der Waals surface area contributed by atoms with E-state index >= 15 is 0 Å². The van der Waals surface area contributed by atoms with Gasteiger partial charge in [-0.25, -0.2) is 13.5 Å². The first kappa shape index (κ1) is 41.9. The average molecular weight is 805 g/mol. The quantitative estimate of drug-likeness (QED) is 0.0810. The summed E-state index contributed by atoms with van der Waals surface area (Å²) in [6, 6.07) is 14.1. The standard InChI is InChI=1S/C42H52N12O3S/c1-28(2)47-40-34(25-44)26-46-42(49-40)48-35-14-20-54(21-15-35)58(57)36-10-8-33(24-43)31(22-36)7-6-29(3)52-17-12-30(13-18-52)32-9-11-37-38(23-32)51(5)50-41(37)53(27-55)19-16-39(56)45-4/h8-11,22-23,25-30,35,44H,12-21H2,1-5H3,(H,45,56)(H2,46,47,48,49). The normalized spacial score (nSPS) is 16.5. The van der Waals surface area contributed by atoms with Crippen molar-refractivity contribution in [1.82, 2.24) is 34.3 Å². The Balaban J connectivity index is 1.04. The number of anilines is 3. The van der Waals surface area contributed by atoms with Crippen LogP contribution in [0.4, 0.5) is 17.6 Å². The Morgan fingerprint density at radius 3 is 2.52 bits per heavy atom. The molecule has 4 heterocycles. The van der Waals surface area contributed by atoms with Gasteiger partial charge in [0.2, 0.25) is 18.3 Å². The lowest BCUT2D eigenvalue weighted by Crippen LogP contribution is -2.40. The predicted molar refractivity (Wildman–Crippen MR) is 227 cm³/mol. The van der Waals surface area contributed by atoms with Gasteiger partial charge in [0.1, 0.15) is 22.9 Å². The monoisotopic (exact) mass is 804 g/mol. The van der Waals surface area contributed by atoms with Crippen molar-refractivity contribution in [3.8, 4) is 17.9 Å².